The molecule has 5 aromatic rings. The highest BCUT2D eigenvalue weighted by molar-refractivity contribution is 6.14. The van der Waals surface area contributed by atoms with Crippen LogP contribution in [0.1, 0.15) is 0 Å². The van der Waals surface area contributed by atoms with Crippen LogP contribution in [0, 0.1) is 0 Å². The van der Waals surface area contributed by atoms with E-state index in [1.54, 1.807) is 30.3 Å². The summed E-state index contributed by atoms with van der Waals surface area (Å²) in [6.07, 6.45) is 0. The number of hydrogen-bond donors (Lipinski definition) is 3. The normalized spacial score (nSPS) is 11.8. The van der Waals surface area contributed by atoms with E-state index in [2.05, 4.69) is 10.3 Å². The second-order valence-corrected chi connectivity index (χ2v) is 7.93. The number of aliphatic hydroxyl groups excluding tert-OH is 1. The van der Waals surface area contributed by atoms with Gasteiger partial charge < -0.3 is 24.7 Å². The van der Waals surface area contributed by atoms with Crippen molar-refractivity contribution in [3.63, 3.8) is 0 Å². The van der Waals surface area contributed by atoms with Gasteiger partial charge in [-0.1, -0.05) is 36.4 Å². The van der Waals surface area contributed by atoms with Gasteiger partial charge in [0.25, 0.3) is 0 Å². The Balaban J connectivity index is 1.82. The average molecular weight is 429 g/mol. The molecule has 162 valence electrons. The molecule has 3 N–H and O–H groups in total. The summed E-state index contributed by atoms with van der Waals surface area (Å²) in [4.78, 5) is 32.3. The highest BCUT2D eigenvalue weighted by Crippen LogP contribution is 2.30. The molecule has 7 nitrogen and oxygen atoms in total. The second-order valence-electron chi connectivity index (χ2n) is 7.93. The third-order valence-corrected chi connectivity index (χ3v) is 5.82. The number of likely N-dealkylation sites (N-methyl/N-ethyl adjacent to an activating group) is 1. The SMILES string of the molecule is CN(CCO)CCNc1cc2oc3ccccc3[nH]c2c2c(=O)c3ccccc3c(=O)c12. The standard InChI is InChI=1S/C25H23N3O4/c1-28(12-13-29)11-10-26-18-14-20-23(27-17-8-4-5-9-19(17)32-20)22-21(18)24(30)15-6-2-3-7-16(15)25(22)31/h2-9,14,26-27,29H,10-13H2,1H3. The van der Waals surface area contributed by atoms with E-state index in [0.717, 1.165) is 5.52 Å². The van der Waals surface area contributed by atoms with Gasteiger partial charge in [0.15, 0.2) is 22.0 Å². The zero-order valence-electron chi connectivity index (χ0n) is 17.6. The number of aliphatic hydroxyl groups is 1. The van der Waals surface area contributed by atoms with Crippen molar-refractivity contribution in [3.05, 3.63) is 75.0 Å². The van der Waals surface area contributed by atoms with Crippen molar-refractivity contribution in [1.82, 2.24) is 9.88 Å². The minimum Gasteiger partial charge on any atom is -0.453 e. The minimum absolute atomic E-state index is 0.0768. The Morgan fingerprint density at radius 2 is 1.62 bits per heavy atom. The van der Waals surface area contributed by atoms with Gasteiger partial charge in [0.1, 0.15) is 0 Å². The summed E-state index contributed by atoms with van der Waals surface area (Å²) in [7, 11) is 1.91. The minimum atomic E-state index is -0.206. The Morgan fingerprint density at radius 3 is 2.38 bits per heavy atom. The number of anilines is 1. The molecule has 0 amide bonds. The number of H-pyrrole nitrogens is 1. The molecule has 0 bridgehead atoms. The first-order chi connectivity index (χ1) is 15.6. The number of aromatic nitrogens is 1. The molecule has 0 saturated carbocycles. The summed E-state index contributed by atoms with van der Waals surface area (Å²) in [6.45, 7) is 1.83. The maximum Gasteiger partial charge on any atom is 0.196 e. The lowest BCUT2D eigenvalue weighted by Crippen LogP contribution is -2.28. The predicted molar refractivity (Wildman–Crippen MR) is 129 cm³/mol. The number of nitrogens with zero attached hydrogens (tertiary/aromatic N) is 1. The van der Waals surface area contributed by atoms with E-state index in [9.17, 15) is 9.59 Å². The lowest BCUT2D eigenvalue weighted by atomic mass is 9.99. The first-order valence-electron chi connectivity index (χ1n) is 10.5. The lowest BCUT2D eigenvalue weighted by Gasteiger charge is -2.17. The fourth-order valence-electron chi connectivity index (χ4n) is 4.19. The molecule has 0 atom stereocenters. The molecule has 0 saturated heterocycles. The number of para-hydroxylation sites is 2. The van der Waals surface area contributed by atoms with Gasteiger partial charge in [-0.15, -0.1) is 0 Å². The number of benzene rings is 4. The average Bonchev–Trinajstić information content (AvgIpc) is 2.81. The Labute approximate surface area is 182 Å². The molecular weight excluding hydrogens is 406 g/mol. The number of nitrogens with one attached hydrogen (secondary N) is 2. The van der Waals surface area contributed by atoms with Gasteiger partial charge >= 0.3 is 0 Å². The number of hydrogen-bond acceptors (Lipinski definition) is 6. The molecular formula is C25H23N3O4. The van der Waals surface area contributed by atoms with E-state index < -0.39 is 0 Å². The van der Waals surface area contributed by atoms with Crippen LogP contribution in [-0.2, 0) is 0 Å². The summed E-state index contributed by atoms with van der Waals surface area (Å²) >= 11 is 0. The van der Waals surface area contributed by atoms with Crippen molar-refractivity contribution < 1.29 is 9.52 Å². The van der Waals surface area contributed by atoms with Crippen molar-refractivity contribution in [3.8, 4) is 0 Å². The smallest absolute Gasteiger partial charge is 0.196 e. The molecule has 4 aromatic carbocycles. The molecule has 1 heterocycles. The van der Waals surface area contributed by atoms with Crippen LogP contribution in [0.2, 0.25) is 0 Å². The molecule has 0 unspecified atom stereocenters. The van der Waals surface area contributed by atoms with Gasteiger partial charge in [-0.3, -0.25) is 9.59 Å². The maximum absolute atomic E-state index is 13.5. The first kappa shape index (κ1) is 20.2. The zero-order chi connectivity index (χ0) is 22.2. The Morgan fingerprint density at radius 1 is 0.938 bits per heavy atom. The fourth-order valence-corrected chi connectivity index (χ4v) is 4.19. The van der Waals surface area contributed by atoms with E-state index in [0.29, 0.717) is 63.5 Å². The van der Waals surface area contributed by atoms with Crippen LogP contribution >= 0.6 is 0 Å². The highest BCUT2D eigenvalue weighted by Gasteiger charge is 2.19. The van der Waals surface area contributed by atoms with Crippen molar-refractivity contribution in [2.45, 2.75) is 0 Å². The predicted octanol–water partition coefficient (Wildman–Crippen LogP) is 3.28. The van der Waals surface area contributed by atoms with Gasteiger partial charge in [0, 0.05) is 36.5 Å². The molecule has 0 spiro atoms. The number of fused-ring (bicyclic) bond motifs is 5. The Hall–Kier alpha value is -3.68. The van der Waals surface area contributed by atoms with E-state index in [-0.39, 0.29) is 17.5 Å². The van der Waals surface area contributed by atoms with E-state index in [1.807, 2.05) is 36.2 Å². The molecule has 7 heteroatoms. The fraction of sp³-hybridized carbons (Fsp3) is 0.200. The van der Waals surface area contributed by atoms with Crippen LogP contribution in [0.25, 0.3) is 43.7 Å². The molecule has 0 aliphatic carbocycles. The largest absolute Gasteiger partial charge is 0.453 e. The van der Waals surface area contributed by atoms with Gasteiger partial charge in [-0.05, 0) is 19.2 Å². The monoisotopic (exact) mass is 429 g/mol. The van der Waals surface area contributed by atoms with Crippen molar-refractivity contribution in [2.75, 3.05) is 38.6 Å². The van der Waals surface area contributed by atoms with Crippen LogP contribution in [0.4, 0.5) is 5.69 Å². The third-order valence-electron chi connectivity index (χ3n) is 5.82. The summed E-state index contributed by atoms with van der Waals surface area (Å²) in [5.41, 5.74) is 2.57. The van der Waals surface area contributed by atoms with Crippen molar-refractivity contribution in [1.29, 1.82) is 0 Å². The van der Waals surface area contributed by atoms with Crippen LogP contribution in [-0.4, -0.2) is 48.3 Å². The van der Waals surface area contributed by atoms with Gasteiger partial charge in [-0.25, -0.2) is 0 Å². The summed E-state index contributed by atoms with van der Waals surface area (Å²) in [5.74, 6) is 0. The summed E-state index contributed by atoms with van der Waals surface area (Å²) in [6, 6.07) is 16.2. The number of aromatic amines is 1. The lowest BCUT2D eigenvalue weighted by molar-refractivity contribution is 0.225. The second kappa shape index (κ2) is 8.11. The summed E-state index contributed by atoms with van der Waals surface area (Å²) in [5, 5.41) is 13.9. The molecule has 0 fully saturated rings. The van der Waals surface area contributed by atoms with Crippen LogP contribution in [0.15, 0.2) is 68.6 Å². The van der Waals surface area contributed by atoms with E-state index >= 15 is 0 Å². The molecule has 1 aromatic heterocycles. The molecule has 5 rings (SSSR count). The van der Waals surface area contributed by atoms with E-state index in [1.165, 1.54) is 0 Å². The third kappa shape index (κ3) is 3.32. The van der Waals surface area contributed by atoms with Gasteiger partial charge in [0.2, 0.25) is 0 Å². The van der Waals surface area contributed by atoms with Crippen molar-refractivity contribution >= 4 is 49.4 Å². The van der Waals surface area contributed by atoms with Gasteiger partial charge in [-0.2, -0.15) is 0 Å². The summed E-state index contributed by atoms with van der Waals surface area (Å²) < 4.78 is 6.11. The Bertz CT molecular complexity index is 1590. The van der Waals surface area contributed by atoms with Crippen LogP contribution in [0.5, 0.6) is 0 Å². The molecule has 0 aliphatic heterocycles. The van der Waals surface area contributed by atoms with Gasteiger partial charge in [0.05, 0.1) is 34.1 Å². The quantitative estimate of drug-likeness (QED) is 0.283. The number of rotatable bonds is 6. The topological polar surface area (TPSA) is 98.6 Å². The maximum atomic E-state index is 13.5. The van der Waals surface area contributed by atoms with E-state index in [4.69, 9.17) is 9.52 Å². The molecule has 32 heavy (non-hydrogen) atoms. The van der Waals surface area contributed by atoms with Crippen molar-refractivity contribution in [2.24, 2.45) is 0 Å². The first-order valence-corrected chi connectivity index (χ1v) is 10.5. The van der Waals surface area contributed by atoms with Crippen LogP contribution < -0.4 is 16.2 Å². The van der Waals surface area contributed by atoms with Crippen LogP contribution in [0.3, 0.4) is 0 Å². The molecule has 0 aliphatic rings. The Kier molecular flexibility index (Phi) is 5.13. The molecule has 0 radical (unpaired) electrons. The highest BCUT2D eigenvalue weighted by atomic mass is 16.3. The zero-order valence-corrected chi connectivity index (χ0v) is 17.6.